The standard InChI is InChI=1S/C11H11F3N4OS/c12-11(13,14)7(19)5-8-17-18-9(6-3-1-2-4-6)15-16-10(18)20-8/h6H,1-5H2. The van der Waals surface area contributed by atoms with Crippen molar-refractivity contribution in [1.29, 1.82) is 0 Å². The van der Waals surface area contributed by atoms with E-state index in [-0.39, 0.29) is 10.9 Å². The van der Waals surface area contributed by atoms with Gasteiger partial charge in [-0.25, -0.2) is 0 Å². The highest BCUT2D eigenvalue weighted by atomic mass is 32.1. The van der Waals surface area contributed by atoms with Crippen molar-refractivity contribution < 1.29 is 18.0 Å². The predicted octanol–water partition coefficient (Wildman–Crippen LogP) is 2.52. The van der Waals surface area contributed by atoms with E-state index in [0.29, 0.717) is 10.8 Å². The number of rotatable bonds is 3. The van der Waals surface area contributed by atoms with Gasteiger partial charge in [0.05, 0.1) is 6.42 Å². The Bertz CT molecular complexity index is 642. The third-order valence-corrected chi connectivity index (χ3v) is 4.30. The molecule has 1 aliphatic rings. The van der Waals surface area contributed by atoms with Crippen molar-refractivity contribution >= 4 is 22.1 Å². The van der Waals surface area contributed by atoms with Crippen LogP contribution in [0.25, 0.3) is 4.96 Å². The lowest BCUT2D eigenvalue weighted by Crippen LogP contribution is -2.24. The largest absolute Gasteiger partial charge is 0.450 e. The lowest BCUT2D eigenvalue weighted by molar-refractivity contribution is -0.170. The van der Waals surface area contributed by atoms with Crippen molar-refractivity contribution in [2.75, 3.05) is 0 Å². The third kappa shape index (κ3) is 2.41. The van der Waals surface area contributed by atoms with Crippen LogP contribution < -0.4 is 0 Å². The van der Waals surface area contributed by atoms with Gasteiger partial charge in [0.2, 0.25) is 10.7 Å². The molecule has 0 radical (unpaired) electrons. The van der Waals surface area contributed by atoms with E-state index in [2.05, 4.69) is 15.3 Å². The van der Waals surface area contributed by atoms with E-state index in [0.717, 1.165) is 37.0 Å². The van der Waals surface area contributed by atoms with Crippen LogP contribution in [0.1, 0.15) is 42.4 Å². The first-order valence-corrected chi connectivity index (χ1v) is 7.08. The quantitative estimate of drug-likeness (QED) is 0.874. The number of carbonyl (C=O) groups is 1. The molecule has 0 N–H and O–H groups in total. The van der Waals surface area contributed by atoms with Gasteiger partial charge < -0.3 is 0 Å². The summed E-state index contributed by atoms with van der Waals surface area (Å²) in [7, 11) is 0. The van der Waals surface area contributed by atoms with Crippen molar-refractivity contribution in [3.63, 3.8) is 0 Å². The molecule has 3 rings (SSSR count). The van der Waals surface area contributed by atoms with Gasteiger partial charge in [0, 0.05) is 5.92 Å². The van der Waals surface area contributed by atoms with Gasteiger partial charge in [-0.3, -0.25) is 4.79 Å². The third-order valence-electron chi connectivity index (χ3n) is 3.41. The predicted molar refractivity (Wildman–Crippen MR) is 64.6 cm³/mol. The minimum atomic E-state index is -4.82. The summed E-state index contributed by atoms with van der Waals surface area (Å²) in [6.07, 6.45) is -1.33. The van der Waals surface area contributed by atoms with E-state index in [9.17, 15) is 18.0 Å². The lowest BCUT2D eigenvalue weighted by Gasteiger charge is -2.04. The van der Waals surface area contributed by atoms with Crippen LogP contribution in [0.2, 0.25) is 0 Å². The van der Waals surface area contributed by atoms with Gasteiger partial charge in [-0.05, 0) is 12.8 Å². The summed E-state index contributed by atoms with van der Waals surface area (Å²) in [4.78, 5) is 11.4. The Labute approximate surface area is 115 Å². The van der Waals surface area contributed by atoms with E-state index in [1.165, 1.54) is 4.52 Å². The minimum Gasteiger partial charge on any atom is -0.289 e. The maximum Gasteiger partial charge on any atom is 0.450 e. The number of halogens is 3. The zero-order valence-electron chi connectivity index (χ0n) is 10.4. The van der Waals surface area contributed by atoms with Crippen LogP contribution in [-0.4, -0.2) is 31.8 Å². The molecule has 1 saturated carbocycles. The smallest absolute Gasteiger partial charge is 0.289 e. The Balaban J connectivity index is 1.86. The fourth-order valence-corrected chi connectivity index (χ4v) is 3.26. The number of nitrogens with zero attached hydrogens (tertiary/aromatic N) is 4. The number of fused-ring (bicyclic) bond motifs is 1. The number of alkyl halides is 3. The Morgan fingerprint density at radius 3 is 2.65 bits per heavy atom. The second-order valence-corrected chi connectivity index (χ2v) is 5.87. The molecule has 5 nitrogen and oxygen atoms in total. The highest BCUT2D eigenvalue weighted by Gasteiger charge is 2.38. The first-order valence-electron chi connectivity index (χ1n) is 6.26. The zero-order chi connectivity index (χ0) is 14.3. The van der Waals surface area contributed by atoms with Gasteiger partial charge in [0.25, 0.3) is 0 Å². The molecular formula is C11H11F3N4OS. The van der Waals surface area contributed by atoms with Crippen molar-refractivity contribution in [2.45, 2.75) is 44.2 Å². The SMILES string of the molecule is O=C(Cc1nn2c(C3CCCC3)nnc2s1)C(F)(F)F. The van der Waals surface area contributed by atoms with Gasteiger partial charge in [-0.1, -0.05) is 24.2 Å². The van der Waals surface area contributed by atoms with Crippen LogP contribution in [0.3, 0.4) is 0 Å². The van der Waals surface area contributed by atoms with Crippen molar-refractivity contribution in [3.8, 4) is 0 Å². The second kappa shape index (κ2) is 4.80. The molecule has 0 spiro atoms. The summed E-state index contributed by atoms with van der Waals surface area (Å²) >= 11 is 0.979. The molecule has 0 aromatic carbocycles. The molecule has 2 aromatic heterocycles. The first kappa shape index (κ1) is 13.5. The maximum atomic E-state index is 12.2. The summed E-state index contributed by atoms with van der Waals surface area (Å²) < 4.78 is 38.2. The molecule has 2 aromatic rings. The van der Waals surface area contributed by atoms with E-state index < -0.39 is 18.4 Å². The van der Waals surface area contributed by atoms with Crippen molar-refractivity contribution in [2.24, 2.45) is 0 Å². The number of aromatic nitrogens is 4. The van der Waals surface area contributed by atoms with Crippen LogP contribution in [-0.2, 0) is 11.2 Å². The molecule has 0 unspecified atom stereocenters. The maximum absolute atomic E-state index is 12.2. The van der Waals surface area contributed by atoms with Gasteiger partial charge in [0.15, 0.2) is 5.82 Å². The van der Waals surface area contributed by atoms with Crippen LogP contribution >= 0.6 is 11.3 Å². The van der Waals surface area contributed by atoms with Gasteiger partial charge in [0.1, 0.15) is 5.01 Å². The Kier molecular flexibility index (Phi) is 3.23. The highest BCUT2D eigenvalue weighted by Crippen LogP contribution is 2.33. The van der Waals surface area contributed by atoms with Crippen LogP contribution in [0, 0.1) is 0 Å². The van der Waals surface area contributed by atoms with Gasteiger partial charge >= 0.3 is 6.18 Å². The fourth-order valence-electron chi connectivity index (χ4n) is 2.42. The number of Topliss-reactive ketones (excluding diaryl/α,β-unsaturated/α-hetero) is 1. The average molecular weight is 304 g/mol. The zero-order valence-corrected chi connectivity index (χ0v) is 11.2. The molecule has 0 atom stereocenters. The summed E-state index contributed by atoms with van der Waals surface area (Å²) in [5.74, 6) is -0.831. The van der Waals surface area contributed by atoms with Crippen LogP contribution in [0.4, 0.5) is 13.2 Å². The summed E-state index contributed by atoms with van der Waals surface area (Å²) in [5, 5.41) is 12.2. The minimum absolute atomic E-state index is 0.122. The van der Waals surface area contributed by atoms with E-state index in [4.69, 9.17) is 0 Å². The fraction of sp³-hybridized carbons (Fsp3) is 0.636. The normalized spacial score (nSPS) is 17.1. The van der Waals surface area contributed by atoms with E-state index in [1.807, 2.05) is 0 Å². The number of hydrogen-bond donors (Lipinski definition) is 0. The molecule has 20 heavy (non-hydrogen) atoms. The molecule has 2 heterocycles. The van der Waals surface area contributed by atoms with Crippen LogP contribution in [0.15, 0.2) is 0 Å². The van der Waals surface area contributed by atoms with Crippen molar-refractivity contribution in [1.82, 2.24) is 19.8 Å². The van der Waals surface area contributed by atoms with E-state index >= 15 is 0 Å². The second-order valence-electron chi connectivity index (χ2n) is 4.83. The molecule has 0 aliphatic heterocycles. The van der Waals surface area contributed by atoms with Gasteiger partial charge in [-0.15, -0.1) is 10.2 Å². The van der Waals surface area contributed by atoms with E-state index in [1.54, 1.807) is 0 Å². The van der Waals surface area contributed by atoms with Gasteiger partial charge in [-0.2, -0.15) is 22.8 Å². The molecule has 9 heteroatoms. The molecule has 0 bridgehead atoms. The molecular weight excluding hydrogens is 293 g/mol. The van der Waals surface area contributed by atoms with Crippen LogP contribution in [0.5, 0.6) is 0 Å². The number of carbonyl (C=O) groups excluding carboxylic acids is 1. The number of ketones is 1. The Hall–Kier alpha value is -1.51. The molecule has 0 saturated heterocycles. The first-order chi connectivity index (χ1) is 9.45. The Morgan fingerprint density at radius 2 is 2.00 bits per heavy atom. The number of hydrogen-bond acceptors (Lipinski definition) is 5. The topological polar surface area (TPSA) is 60.2 Å². The van der Waals surface area contributed by atoms with Crippen molar-refractivity contribution in [3.05, 3.63) is 10.8 Å². The summed E-state index contributed by atoms with van der Waals surface area (Å²) in [5.41, 5.74) is 0. The lowest BCUT2D eigenvalue weighted by atomic mass is 10.1. The summed E-state index contributed by atoms with van der Waals surface area (Å²) in [6.45, 7) is 0. The summed E-state index contributed by atoms with van der Waals surface area (Å²) in [6, 6.07) is 0. The molecule has 1 aliphatic carbocycles. The molecule has 108 valence electrons. The monoisotopic (exact) mass is 304 g/mol. The Morgan fingerprint density at radius 1 is 1.30 bits per heavy atom. The molecule has 0 amide bonds. The average Bonchev–Trinajstić information content (AvgIpc) is 3.01. The molecule has 1 fully saturated rings. The highest BCUT2D eigenvalue weighted by molar-refractivity contribution is 7.16.